The molecule has 1 aromatic heterocycles. The third-order valence-corrected chi connectivity index (χ3v) is 8.96. The molecule has 1 saturated heterocycles. The quantitative estimate of drug-likeness (QED) is 0.0439. The number of imidazole rings is 1. The van der Waals surface area contributed by atoms with Gasteiger partial charge in [-0.25, -0.2) is 14.7 Å². The van der Waals surface area contributed by atoms with E-state index in [0.29, 0.717) is 28.4 Å². The highest BCUT2D eigenvalue weighted by atomic mass is 35.5. The first kappa shape index (κ1) is 37.9. The van der Waals surface area contributed by atoms with Crippen LogP contribution in [0.3, 0.4) is 0 Å². The molecule has 3 N–H and O–H groups in total. The molecule has 0 bridgehead atoms. The highest BCUT2D eigenvalue weighted by molar-refractivity contribution is 6.34. The molecule has 5 amide bonds. The number of rotatable bonds is 18. The number of aromatic nitrogens is 2. The maximum Gasteiger partial charge on any atom is 0.330 e. The number of urea groups is 1. The zero-order valence-corrected chi connectivity index (χ0v) is 30.0. The Bertz CT molecular complexity index is 1870. The minimum Gasteiger partial charge on any atom is -0.352 e. The number of ether oxygens (including phenoxy) is 1. The average molecular weight is 727 g/mol. The summed E-state index contributed by atoms with van der Waals surface area (Å²) in [5.74, 6) is -2.71. The normalized spacial score (nSPS) is 14.8. The van der Waals surface area contributed by atoms with Crippen LogP contribution in [0.5, 0.6) is 0 Å². The summed E-state index contributed by atoms with van der Waals surface area (Å²) in [5.41, 5.74) is 1.66. The molecule has 1 aliphatic heterocycles. The van der Waals surface area contributed by atoms with Gasteiger partial charge in [-0.15, -0.1) is 0 Å². The second-order valence-corrected chi connectivity index (χ2v) is 12.8. The van der Waals surface area contributed by atoms with Crippen molar-refractivity contribution in [2.45, 2.75) is 71.2 Å². The number of carbonyl (C=O) groups excluding carboxylic acids is 5. The van der Waals surface area contributed by atoms with Crippen LogP contribution < -0.4 is 10.6 Å². The predicted molar refractivity (Wildman–Crippen MR) is 198 cm³/mol. The van der Waals surface area contributed by atoms with Crippen LogP contribution in [0.25, 0.3) is 11.4 Å². The summed E-state index contributed by atoms with van der Waals surface area (Å²) < 4.78 is 5.70. The van der Waals surface area contributed by atoms with Crippen molar-refractivity contribution in [1.29, 1.82) is 0 Å². The van der Waals surface area contributed by atoms with Crippen molar-refractivity contribution in [2.75, 3.05) is 18.5 Å². The van der Waals surface area contributed by atoms with Crippen molar-refractivity contribution in [3.05, 3.63) is 107 Å². The number of nitrogens with zero attached hydrogens (tertiary/aromatic N) is 3. The van der Waals surface area contributed by atoms with E-state index in [9.17, 15) is 24.0 Å². The number of nitrogens with one attached hydrogen (secondary N) is 3. The lowest BCUT2D eigenvalue weighted by molar-refractivity contribution is -0.144. The highest BCUT2D eigenvalue weighted by Crippen LogP contribution is 2.29. The van der Waals surface area contributed by atoms with Crippen LogP contribution in [0.15, 0.2) is 85.1 Å². The Kier molecular flexibility index (Phi) is 13.3. The van der Waals surface area contributed by atoms with E-state index in [1.807, 2.05) is 12.1 Å². The first-order valence-electron chi connectivity index (χ1n) is 17.6. The van der Waals surface area contributed by atoms with Crippen molar-refractivity contribution in [2.24, 2.45) is 0 Å². The largest absolute Gasteiger partial charge is 0.352 e. The van der Waals surface area contributed by atoms with E-state index in [-0.39, 0.29) is 41.0 Å². The Morgan fingerprint density at radius 3 is 2.31 bits per heavy atom. The number of imide groups is 1. The van der Waals surface area contributed by atoms with Gasteiger partial charge >= 0.3 is 6.03 Å². The number of hydrogen-bond acceptors (Lipinski definition) is 7. The Balaban J connectivity index is 1.39. The van der Waals surface area contributed by atoms with E-state index >= 15 is 0 Å². The van der Waals surface area contributed by atoms with Crippen LogP contribution in [-0.4, -0.2) is 74.7 Å². The van der Waals surface area contributed by atoms with Crippen LogP contribution in [0.2, 0.25) is 5.02 Å². The zero-order chi connectivity index (χ0) is 37.0. The van der Waals surface area contributed by atoms with Crippen molar-refractivity contribution in [3.63, 3.8) is 0 Å². The van der Waals surface area contributed by atoms with Crippen LogP contribution in [0, 0.1) is 0 Å². The molecular formula is C39H43ClN6O6. The van der Waals surface area contributed by atoms with E-state index in [1.54, 1.807) is 55.5 Å². The Morgan fingerprint density at radius 2 is 1.62 bits per heavy atom. The van der Waals surface area contributed by atoms with Crippen LogP contribution in [-0.2, 0) is 20.9 Å². The molecule has 2 unspecified atom stereocenters. The standard InChI is InChI=1S/C39H43ClN6O6/c1-3-5-6-7-8-15-22-41-35(48)28-20-21-30(29(40)23-28)44-36(49)32(33(47)31-24-42-34(43-31)27-18-13-10-14-19-27)46-37(50)38(52-4-2)45(39(46)51)25-26-16-11-9-12-17-26/h9-14,16-21,23-24,32,38H,3-8,15,22,25H2,1-2H3,(H,41,48)(H,42,43)(H,44,49). The Labute approximate surface area is 307 Å². The summed E-state index contributed by atoms with van der Waals surface area (Å²) >= 11 is 6.55. The number of halogens is 1. The van der Waals surface area contributed by atoms with Crippen molar-refractivity contribution in [3.8, 4) is 11.4 Å². The van der Waals surface area contributed by atoms with Gasteiger partial charge in [0.05, 0.1) is 23.5 Å². The number of carbonyl (C=O) groups is 5. The molecule has 13 heteroatoms. The van der Waals surface area contributed by atoms with Gasteiger partial charge in [-0.05, 0) is 37.1 Å². The van der Waals surface area contributed by atoms with E-state index < -0.39 is 35.9 Å². The lowest BCUT2D eigenvalue weighted by Gasteiger charge is -2.24. The lowest BCUT2D eigenvalue weighted by atomic mass is 10.1. The van der Waals surface area contributed by atoms with Crippen molar-refractivity contribution < 1.29 is 28.7 Å². The summed E-state index contributed by atoms with van der Waals surface area (Å²) in [6.07, 6.45) is 6.42. The number of amides is 5. The fourth-order valence-corrected chi connectivity index (χ4v) is 6.16. The van der Waals surface area contributed by atoms with Gasteiger partial charge in [0.2, 0.25) is 12.0 Å². The van der Waals surface area contributed by atoms with Crippen molar-refractivity contribution in [1.82, 2.24) is 25.1 Å². The number of anilines is 1. The predicted octanol–water partition coefficient (Wildman–Crippen LogP) is 6.84. The molecule has 3 aromatic carbocycles. The average Bonchev–Trinajstić information content (AvgIpc) is 3.73. The molecule has 1 fully saturated rings. The zero-order valence-electron chi connectivity index (χ0n) is 29.3. The van der Waals surface area contributed by atoms with Gasteiger partial charge in [-0.1, -0.05) is 111 Å². The molecule has 0 aliphatic carbocycles. The minimum atomic E-state index is -1.97. The third-order valence-electron chi connectivity index (χ3n) is 8.65. The van der Waals surface area contributed by atoms with Gasteiger partial charge in [0.25, 0.3) is 17.7 Å². The smallest absolute Gasteiger partial charge is 0.330 e. The number of ketones is 1. The molecule has 0 radical (unpaired) electrons. The Hall–Kier alpha value is -5.33. The second kappa shape index (κ2) is 18.2. The number of aromatic amines is 1. The molecular weight excluding hydrogens is 684 g/mol. The molecule has 0 spiro atoms. The Morgan fingerprint density at radius 1 is 0.923 bits per heavy atom. The maximum absolute atomic E-state index is 14.2. The number of H-pyrrole nitrogens is 1. The van der Waals surface area contributed by atoms with Gasteiger partial charge in [0.1, 0.15) is 11.5 Å². The summed E-state index contributed by atoms with van der Waals surface area (Å²) in [5, 5.41) is 5.52. The van der Waals surface area contributed by atoms with E-state index in [1.165, 1.54) is 48.6 Å². The van der Waals surface area contributed by atoms with Gasteiger partial charge in [-0.3, -0.25) is 24.1 Å². The number of benzene rings is 3. The molecule has 4 aromatic rings. The molecule has 2 heterocycles. The minimum absolute atomic E-state index is 0.00840. The van der Waals surface area contributed by atoms with Gasteiger partial charge in [0.15, 0.2) is 6.04 Å². The summed E-state index contributed by atoms with van der Waals surface area (Å²) in [4.78, 5) is 78.2. The maximum atomic E-state index is 14.2. The fourth-order valence-electron chi connectivity index (χ4n) is 5.93. The van der Waals surface area contributed by atoms with Crippen molar-refractivity contribution >= 4 is 46.8 Å². The molecule has 2 atom stereocenters. The number of hydrogen-bond donors (Lipinski definition) is 3. The number of Topliss-reactive ketones (excluding diaryl/α,β-unsaturated/α-hetero) is 1. The van der Waals surface area contributed by atoms with E-state index in [0.717, 1.165) is 19.3 Å². The van der Waals surface area contributed by atoms with Gasteiger partial charge < -0.3 is 20.4 Å². The summed E-state index contributed by atoms with van der Waals surface area (Å²) in [6, 6.07) is 19.5. The SMILES string of the molecule is CCCCCCCCNC(=O)c1ccc(NC(=O)C(C(=O)c2cnc(-c3ccccc3)[nH]2)N2C(=O)C(OCC)N(Cc3ccccc3)C2=O)c(Cl)c1. The highest BCUT2D eigenvalue weighted by Gasteiger charge is 2.53. The fraction of sp³-hybridized carbons (Fsp3) is 0.333. The number of unbranched alkanes of at least 4 members (excludes halogenated alkanes) is 5. The third kappa shape index (κ3) is 9.12. The van der Waals surface area contributed by atoms with E-state index in [4.69, 9.17) is 16.3 Å². The first-order valence-corrected chi connectivity index (χ1v) is 17.9. The molecule has 52 heavy (non-hydrogen) atoms. The van der Waals surface area contributed by atoms with E-state index in [2.05, 4.69) is 27.5 Å². The molecule has 5 rings (SSSR count). The molecule has 12 nitrogen and oxygen atoms in total. The lowest BCUT2D eigenvalue weighted by Crippen LogP contribution is -2.52. The van der Waals surface area contributed by atoms with Crippen LogP contribution in [0.4, 0.5) is 10.5 Å². The summed E-state index contributed by atoms with van der Waals surface area (Å²) in [7, 11) is 0. The van der Waals surface area contributed by atoms with Gasteiger partial charge in [-0.2, -0.15) is 0 Å². The molecule has 0 saturated carbocycles. The topological polar surface area (TPSA) is 154 Å². The second-order valence-electron chi connectivity index (χ2n) is 12.4. The first-order chi connectivity index (χ1) is 25.2. The van der Waals surface area contributed by atoms with Crippen LogP contribution >= 0.6 is 11.6 Å². The molecule has 272 valence electrons. The monoisotopic (exact) mass is 726 g/mol. The molecule has 1 aliphatic rings. The van der Waals surface area contributed by atoms with Gasteiger partial charge in [0, 0.05) is 24.3 Å². The summed E-state index contributed by atoms with van der Waals surface area (Å²) in [6.45, 7) is 4.43. The van der Waals surface area contributed by atoms with Crippen LogP contribution in [0.1, 0.15) is 78.8 Å².